The fourth-order valence-electron chi connectivity index (χ4n) is 1.72. The van der Waals surface area contributed by atoms with E-state index in [1.165, 1.54) is 0 Å². The Hall–Kier alpha value is -0.460. The summed E-state index contributed by atoms with van der Waals surface area (Å²) in [6.45, 7) is 5.82. The maximum Gasteiger partial charge on any atom is 0.228 e. The Labute approximate surface area is 167 Å². The first-order chi connectivity index (χ1) is 10.9. The molecule has 0 spiro atoms. The molecular weight excluding hydrogens is 412 g/mol. The van der Waals surface area contributed by atoms with Gasteiger partial charge in [-0.25, -0.2) is 0 Å². The van der Waals surface area contributed by atoms with E-state index in [4.69, 9.17) is 58.6 Å². The predicted molar refractivity (Wildman–Crippen MR) is 107 cm³/mol. The first-order valence-corrected chi connectivity index (χ1v) is 8.98. The number of carbonyl (C=O) groups excluding carboxylic acids is 1. The highest BCUT2D eigenvalue weighted by Gasteiger charge is 2.35. The van der Waals surface area contributed by atoms with Crippen LogP contribution in [-0.4, -0.2) is 21.0 Å². The van der Waals surface area contributed by atoms with Crippen LogP contribution in [0.2, 0.25) is 5.02 Å². The Bertz CT molecular complexity index is 582. The summed E-state index contributed by atoms with van der Waals surface area (Å²) >= 11 is 28.8. The van der Waals surface area contributed by atoms with Crippen LogP contribution in [0, 0.1) is 5.41 Å². The van der Waals surface area contributed by atoms with E-state index >= 15 is 0 Å². The van der Waals surface area contributed by atoms with Crippen molar-refractivity contribution >= 4 is 75.3 Å². The van der Waals surface area contributed by atoms with Crippen molar-refractivity contribution in [3.05, 3.63) is 29.3 Å². The normalized spacial score (nSPS) is 13.1. The molecule has 1 amide bonds. The molecule has 0 aromatic heterocycles. The van der Waals surface area contributed by atoms with Gasteiger partial charge in [-0.05, 0) is 41.9 Å². The summed E-state index contributed by atoms with van der Waals surface area (Å²) in [5, 5.41) is 9.17. The van der Waals surface area contributed by atoms with Gasteiger partial charge in [-0.15, -0.1) is 0 Å². The van der Waals surface area contributed by atoms with Crippen molar-refractivity contribution in [3.8, 4) is 0 Å². The number of hydrogen-bond donors (Lipinski definition) is 3. The van der Waals surface area contributed by atoms with E-state index in [9.17, 15) is 4.79 Å². The number of anilines is 1. The molecule has 0 radical (unpaired) electrons. The third-order valence-corrected chi connectivity index (χ3v) is 3.83. The van der Waals surface area contributed by atoms with Crippen LogP contribution in [0.3, 0.4) is 0 Å². The van der Waals surface area contributed by atoms with Gasteiger partial charge in [0.05, 0.1) is 0 Å². The third kappa shape index (κ3) is 8.58. The summed E-state index contributed by atoms with van der Waals surface area (Å²) in [7, 11) is 0. The molecule has 0 aliphatic rings. The Kier molecular flexibility index (Phi) is 7.88. The fraction of sp³-hybridized carbons (Fsp3) is 0.467. The monoisotopic (exact) mass is 429 g/mol. The molecule has 0 saturated carbocycles. The number of thiocarbonyl (C=S) groups is 1. The molecule has 0 aliphatic heterocycles. The van der Waals surface area contributed by atoms with Gasteiger partial charge in [-0.2, -0.15) is 0 Å². The van der Waals surface area contributed by atoms with Crippen LogP contribution >= 0.6 is 58.6 Å². The van der Waals surface area contributed by atoms with Gasteiger partial charge in [-0.1, -0.05) is 67.2 Å². The Morgan fingerprint density at radius 3 is 2.12 bits per heavy atom. The second-order valence-electron chi connectivity index (χ2n) is 6.38. The maximum atomic E-state index is 12.1. The minimum atomic E-state index is -1.78. The number of amides is 1. The molecule has 0 bridgehead atoms. The maximum absolute atomic E-state index is 12.1. The topological polar surface area (TPSA) is 53.2 Å². The SMILES string of the molecule is CC(C)(C)CC(=O)N[C@H](NC(=S)Nc1ccc(Cl)cc1)C(Cl)(Cl)Cl. The van der Waals surface area contributed by atoms with E-state index in [2.05, 4.69) is 16.0 Å². The Balaban J connectivity index is 2.70. The summed E-state index contributed by atoms with van der Waals surface area (Å²) in [6.07, 6.45) is -0.701. The first-order valence-electron chi connectivity index (χ1n) is 7.06. The van der Waals surface area contributed by atoms with Crippen LogP contribution in [-0.2, 0) is 4.79 Å². The van der Waals surface area contributed by atoms with Gasteiger partial charge in [-0.3, -0.25) is 4.79 Å². The van der Waals surface area contributed by atoms with Crippen molar-refractivity contribution in [1.82, 2.24) is 10.6 Å². The fourth-order valence-corrected chi connectivity index (χ4v) is 2.41. The molecule has 0 heterocycles. The summed E-state index contributed by atoms with van der Waals surface area (Å²) < 4.78 is -1.78. The van der Waals surface area contributed by atoms with Crippen LogP contribution < -0.4 is 16.0 Å². The lowest BCUT2D eigenvalue weighted by atomic mass is 9.92. The van der Waals surface area contributed by atoms with Crippen LogP contribution in [0.4, 0.5) is 5.69 Å². The zero-order valence-corrected chi connectivity index (χ0v) is 17.3. The van der Waals surface area contributed by atoms with Crippen molar-refractivity contribution in [2.24, 2.45) is 5.41 Å². The largest absolute Gasteiger partial charge is 0.339 e. The summed E-state index contributed by atoms with van der Waals surface area (Å²) in [5.41, 5.74) is 0.519. The van der Waals surface area contributed by atoms with Crippen LogP contribution in [0.25, 0.3) is 0 Å². The second-order valence-corrected chi connectivity index (χ2v) is 9.60. The highest BCUT2D eigenvalue weighted by Crippen LogP contribution is 2.29. The van der Waals surface area contributed by atoms with Gasteiger partial charge in [0.25, 0.3) is 0 Å². The summed E-state index contributed by atoms with van der Waals surface area (Å²) in [6, 6.07) is 6.92. The molecule has 3 N–H and O–H groups in total. The lowest BCUT2D eigenvalue weighted by Gasteiger charge is -2.29. The van der Waals surface area contributed by atoms with E-state index in [0.717, 1.165) is 0 Å². The van der Waals surface area contributed by atoms with Crippen molar-refractivity contribution in [1.29, 1.82) is 0 Å². The number of nitrogens with one attached hydrogen (secondary N) is 3. The van der Waals surface area contributed by atoms with Crippen molar-refractivity contribution in [2.45, 2.75) is 37.2 Å². The molecule has 24 heavy (non-hydrogen) atoms. The molecule has 9 heteroatoms. The van der Waals surface area contributed by atoms with Gasteiger partial charge in [0, 0.05) is 17.1 Å². The third-order valence-electron chi connectivity index (χ3n) is 2.70. The average Bonchev–Trinajstić information content (AvgIpc) is 2.37. The highest BCUT2D eigenvalue weighted by molar-refractivity contribution is 7.80. The number of alkyl halides is 3. The molecule has 1 aromatic rings. The van der Waals surface area contributed by atoms with Crippen LogP contribution in [0.1, 0.15) is 27.2 Å². The molecular formula is C15H19Cl4N3OS. The van der Waals surface area contributed by atoms with Gasteiger partial charge < -0.3 is 16.0 Å². The molecule has 1 rings (SSSR count). The Morgan fingerprint density at radius 1 is 1.12 bits per heavy atom. The first kappa shape index (κ1) is 21.6. The van der Waals surface area contributed by atoms with Crippen LogP contribution in [0.5, 0.6) is 0 Å². The lowest BCUT2D eigenvalue weighted by molar-refractivity contribution is -0.123. The second kappa shape index (κ2) is 8.77. The van der Waals surface area contributed by atoms with Crippen molar-refractivity contribution in [3.63, 3.8) is 0 Å². The van der Waals surface area contributed by atoms with Gasteiger partial charge in [0.1, 0.15) is 6.17 Å². The van der Waals surface area contributed by atoms with Gasteiger partial charge >= 0.3 is 0 Å². The molecule has 1 aromatic carbocycles. The lowest BCUT2D eigenvalue weighted by Crippen LogP contribution is -2.56. The smallest absolute Gasteiger partial charge is 0.228 e. The number of hydrogen-bond acceptors (Lipinski definition) is 2. The van der Waals surface area contributed by atoms with Crippen molar-refractivity contribution in [2.75, 3.05) is 5.32 Å². The average molecular weight is 431 g/mol. The number of carbonyl (C=O) groups is 1. The van der Waals surface area contributed by atoms with E-state index in [0.29, 0.717) is 10.7 Å². The Morgan fingerprint density at radius 2 is 1.67 bits per heavy atom. The van der Waals surface area contributed by atoms with Crippen molar-refractivity contribution < 1.29 is 4.79 Å². The van der Waals surface area contributed by atoms with E-state index in [-0.39, 0.29) is 22.9 Å². The number of benzene rings is 1. The molecule has 4 nitrogen and oxygen atoms in total. The van der Waals surface area contributed by atoms with E-state index in [1.54, 1.807) is 24.3 Å². The minimum absolute atomic E-state index is 0.190. The van der Waals surface area contributed by atoms with E-state index in [1.807, 2.05) is 20.8 Å². The van der Waals surface area contributed by atoms with E-state index < -0.39 is 9.96 Å². The molecule has 0 saturated heterocycles. The van der Waals surface area contributed by atoms with Crippen LogP contribution in [0.15, 0.2) is 24.3 Å². The number of halogens is 4. The highest BCUT2D eigenvalue weighted by atomic mass is 35.6. The molecule has 134 valence electrons. The molecule has 0 fully saturated rings. The molecule has 0 unspecified atom stereocenters. The molecule has 0 aliphatic carbocycles. The predicted octanol–water partition coefficient (Wildman–Crippen LogP) is 4.88. The molecule has 1 atom stereocenters. The summed E-state index contributed by atoms with van der Waals surface area (Å²) in [4.78, 5) is 12.1. The minimum Gasteiger partial charge on any atom is -0.339 e. The van der Waals surface area contributed by atoms with Gasteiger partial charge in [0.2, 0.25) is 9.70 Å². The zero-order valence-electron chi connectivity index (χ0n) is 13.4. The quantitative estimate of drug-likeness (QED) is 0.362. The number of rotatable bonds is 4. The van der Waals surface area contributed by atoms with Gasteiger partial charge in [0.15, 0.2) is 5.11 Å². The standard InChI is InChI=1S/C15H19Cl4N3OS/c1-14(2,3)8-11(23)21-12(15(17,18)19)22-13(24)20-10-6-4-9(16)5-7-10/h4-7,12H,8H2,1-3H3,(H,21,23)(H2,20,22,24)/t12-/m1/s1. The summed E-state index contributed by atoms with van der Waals surface area (Å²) in [5.74, 6) is -0.249. The zero-order chi connectivity index (χ0) is 18.5.